The average molecular weight is 424 g/mol. The van der Waals surface area contributed by atoms with Gasteiger partial charge in [0.1, 0.15) is 5.75 Å². The molecule has 0 saturated carbocycles. The van der Waals surface area contributed by atoms with Gasteiger partial charge in [-0.1, -0.05) is 12.1 Å². The number of morpholine rings is 1. The molecule has 3 rings (SSSR count). The zero-order chi connectivity index (χ0) is 20.9. The molecule has 1 N–H and O–H groups in total. The molecule has 0 radical (unpaired) electrons. The van der Waals surface area contributed by atoms with Crippen LogP contribution in [0.4, 0.5) is 10.1 Å². The quantitative estimate of drug-likeness (QED) is 0.729. The first-order chi connectivity index (χ1) is 13.9. The Balaban J connectivity index is 1.75. The number of carbonyl (C=O) groups excluding carboxylic acids is 1. The van der Waals surface area contributed by atoms with Crippen LogP contribution in [0.1, 0.15) is 0 Å². The summed E-state index contributed by atoms with van der Waals surface area (Å²) in [6.45, 7) is 0.711. The Morgan fingerprint density at radius 1 is 1.17 bits per heavy atom. The van der Waals surface area contributed by atoms with E-state index in [2.05, 4.69) is 5.32 Å². The van der Waals surface area contributed by atoms with Crippen LogP contribution in [0.3, 0.4) is 0 Å². The van der Waals surface area contributed by atoms with Gasteiger partial charge >= 0.3 is 0 Å². The Labute approximate surface area is 168 Å². The second-order valence-corrected chi connectivity index (χ2v) is 8.08. The number of amides is 1. The predicted molar refractivity (Wildman–Crippen MR) is 103 cm³/mol. The number of rotatable bonds is 7. The standard InChI is InChI=1S/C19H21FN2O6S/c1-26-18-7-6-14(29(24,25)22-8-10-27-11-9-22)12-16(18)21-19(23)13-28-17-5-3-2-4-15(17)20/h2-7,12H,8-11,13H2,1H3,(H,21,23). The summed E-state index contributed by atoms with van der Waals surface area (Å²) in [5.74, 6) is -0.951. The molecule has 1 heterocycles. The van der Waals surface area contributed by atoms with Crippen LogP contribution in [0.2, 0.25) is 0 Å². The summed E-state index contributed by atoms with van der Waals surface area (Å²) >= 11 is 0. The van der Waals surface area contributed by atoms with Crippen molar-refractivity contribution in [2.24, 2.45) is 0 Å². The van der Waals surface area contributed by atoms with Crippen molar-refractivity contribution < 1.29 is 31.8 Å². The monoisotopic (exact) mass is 424 g/mol. The van der Waals surface area contributed by atoms with E-state index in [0.29, 0.717) is 13.2 Å². The summed E-state index contributed by atoms with van der Waals surface area (Å²) in [5, 5.41) is 2.55. The number of ether oxygens (including phenoxy) is 3. The van der Waals surface area contributed by atoms with Crippen LogP contribution in [0.15, 0.2) is 47.4 Å². The number of hydrogen-bond donors (Lipinski definition) is 1. The van der Waals surface area contributed by atoms with E-state index in [1.165, 1.54) is 47.8 Å². The van der Waals surface area contributed by atoms with Crippen LogP contribution in [-0.4, -0.2) is 58.7 Å². The third-order valence-corrected chi connectivity index (χ3v) is 6.14. The molecule has 0 atom stereocenters. The predicted octanol–water partition coefficient (Wildman–Crippen LogP) is 1.87. The molecule has 0 aliphatic carbocycles. The number of carbonyl (C=O) groups is 1. The molecule has 1 amide bonds. The summed E-state index contributed by atoms with van der Waals surface area (Å²) in [6.07, 6.45) is 0. The smallest absolute Gasteiger partial charge is 0.262 e. The first-order valence-corrected chi connectivity index (χ1v) is 10.3. The summed E-state index contributed by atoms with van der Waals surface area (Å²) < 4.78 is 56.1. The van der Waals surface area contributed by atoms with E-state index in [4.69, 9.17) is 14.2 Å². The van der Waals surface area contributed by atoms with Crippen LogP contribution in [-0.2, 0) is 19.6 Å². The Kier molecular flexibility index (Phi) is 6.68. The lowest BCUT2D eigenvalue weighted by atomic mass is 10.3. The number of para-hydroxylation sites is 1. The van der Waals surface area contributed by atoms with Crippen molar-refractivity contribution in [3.05, 3.63) is 48.3 Å². The first-order valence-electron chi connectivity index (χ1n) is 8.85. The minimum atomic E-state index is -3.74. The van der Waals surface area contributed by atoms with Crippen molar-refractivity contribution >= 4 is 21.6 Å². The van der Waals surface area contributed by atoms with Gasteiger partial charge in [0, 0.05) is 13.1 Å². The number of sulfonamides is 1. The minimum absolute atomic E-state index is 0.0190. The number of nitrogens with zero attached hydrogens (tertiary/aromatic N) is 1. The molecule has 8 nitrogen and oxygen atoms in total. The number of hydrogen-bond acceptors (Lipinski definition) is 6. The van der Waals surface area contributed by atoms with Gasteiger partial charge in [0.25, 0.3) is 5.91 Å². The summed E-state index contributed by atoms with van der Waals surface area (Å²) in [5.41, 5.74) is 0.170. The van der Waals surface area contributed by atoms with Gasteiger partial charge in [-0.25, -0.2) is 12.8 Å². The van der Waals surface area contributed by atoms with Crippen molar-refractivity contribution in [1.29, 1.82) is 0 Å². The Hall–Kier alpha value is -2.69. The molecule has 1 aliphatic heterocycles. The van der Waals surface area contributed by atoms with Gasteiger partial charge in [0.2, 0.25) is 10.0 Å². The molecule has 0 aromatic heterocycles. The van der Waals surface area contributed by atoms with Gasteiger partial charge in [0.05, 0.1) is 30.9 Å². The van der Waals surface area contributed by atoms with Crippen molar-refractivity contribution in [3.8, 4) is 11.5 Å². The van der Waals surface area contributed by atoms with Crippen molar-refractivity contribution in [1.82, 2.24) is 4.31 Å². The minimum Gasteiger partial charge on any atom is -0.495 e. The number of benzene rings is 2. The lowest BCUT2D eigenvalue weighted by Crippen LogP contribution is -2.40. The van der Waals surface area contributed by atoms with Crippen molar-refractivity contribution in [2.75, 3.05) is 45.3 Å². The molecule has 156 valence electrons. The molecule has 1 saturated heterocycles. The zero-order valence-electron chi connectivity index (χ0n) is 15.8. The third kappa shape index (κ3) is 5.03. The van der Waals surface area contributed by atoms with E-state index in [1.54, 1.807) is 6.07 Å². The van der Waals surface area contributed by atoms with Crippen molar-refractivity contribution in [3.63, 3.8) is 0 Å². The fourth-order valence-electron chi connectivity index (χ4n) is 2.77. The lowest BCUT2D eigenvalue weighted by Gasteiger charge is -2.26. The Morgan fingerprint density at radius 3 is 2.59 bits per heavy atom. The van der Waals surface area contributed by atoms with Crippen LogP contribution < -0.4 is 14.8 Å². The summed E-state index contributed by atoms with van der Waals surface area (Å²) in [6, 6.07) is 9.90. The zero-order valence-corrected chi connectivity index (χ0v) is 16.6. The molecule has 1 fully saturated rings. The van der Waals surface area contributed by atoms with Gasteiger partial charge in [-0.3, -0.25) is 4.79 Å². The maximum Gasteiger partial charge on any atom is 0.262 e. The second kappa shape index (κ2) is 9.21. The number of anilines is 1. The van der Waals surface area contributed by atoms with Crippen LogP contribution in [0.5, 0.6) is 11.5 Å². The van der Waals surface area contributed by atoms with Gasteiger partial charge in [0.15, 0.2) is 18.2 Å². The molecule has 1 aliphatic rings. The van der Waals surface area contributed by atoms with E-state index in [0.717, 1.165) is 0 Å². The number of halogens is 1. The Morgan fingerprint density at radius 2 is 1.90 bits per heavy atom. The van der Waals surface area contributed by atoms with Gasteiger partial charge in [-0.15, -0.1) is 0 Å². The van der Waals surface area contributed by atoms with Crippen LogP contribution in [0.25, 0.3) is 0 Å². The molecule has 0 spiro atoms. The molecule has 0 unspecified atom stereocenters. The number of nitrogens with one attached hydrogen (secondary N) is 1. The number of methoxy groups -OCH3 is 1. The second-order valence-electron chi connectivity index (χ2n) is 6.15. The molecular weight excluding hydrogens is 403 g/mol. The van der Waals surface area contributed by atoms with Crippen molar-refractivity contribution in [2.45, 2.75) is 4.90 Å². The normalized spacial score (nSPS) is 15.0. The lowest BCUT2D eigenvalue weighted by molar-refractivity contribution is -0.118. The van der Waals surface area contributed by atoms with Gasteiger partial charge in [-0.2, -0.15) is 4.31 Å². The molecule has 29 heavy (non-hydrogen) atoms. The maximum absolute atomic E-state index is 13.6. The highest BCUT2D eigenvalue weighted by Crippen LogP contribution is 2.29. The SMILES string of the molecule is COc1ccc(S(=O)(=O)N2CCOCC2)cc1NC(=O)COc1ccccc1F. The summed E-state index contributed by atoms with van der Waals surface area (Å²) in [4.78, 5) is 12.3. The first kappa shape index (κ1) is 21.0. The highest BCUT2D eigenvalue weighted by atomic mass is 32.2. The van der Waals surface area contributed by atoms with E-state index in [9.17, 15) is 17.6 Å². The fraction of sp³-hybridized carbons (Fsp3) is 0.316. The molecule has 2 aromatic rings. The highest BCUT2D eigenvalue weighted by Gasteiger charge is 2.27. The average Bonchev–Trinajstić information content (AvgIpc) is 2.73. The van der Waals surface area contributed by atoms with Gasteiger partial charge < -0.3 is 19.5 Å². The van der Waals surface area contributed by atoms with Crippen LogP contribution >= 0.6 is 0 Å². The van der Waals surface area contributed by atoms with E-state index >= 15 is 0 Å². The van der Waals surface area contributed by atoms with E-state index < -0.39 is 28.4 Å². The maximum atomic E-state index is 13.6. The molecule has 0 bridgehead atoms. The summed E-state index contributed by atoms with van der Waals surface area (Å²) in [7, 11) is -2.34. The molecular formula is C19H21FN2O6S. The fourth-order valence-corrected chi connectivity index (χ4v) is 4.21. The topological polar surface area (TPSA) is 94.2 Å². The van der Waals surface area contributed by atoms with E-state index in [-0.39, 0.29) is 35.2 Å². The molecule has 2 aromatic carbocycles. The Bertz CT molecular complexity index is 976. The van der Waals surface area contributed by atoms with Gasteiger partial charge in [-0.05, 0) is 30.3 Å². The third-order valence-electron chi connectivity index (χ3n) is 4.25. The molecule has 10 heteroatoms. The van der Waals surface area contributed by atoms with Crippen LogP contribution in [0, 0.1) is 5.82 Å². The largest absolute Gasteiger partial charge is 0.495 e. The highest BCUT2D eigenvalue weighted by molar-refractivity contribution is 7.89. The van der Waals surface area contributed by atoms with E-state index in [1.807, 2.05) is 0 Å².